The molecule has 1 fully saturated rings. The summed E-state index contributed by atoms with van der Waals surface area (Å²) in [6.07, 6.45) is 5.42. The third-order valence-corrected chi connectivity index (χ3v) is 8.07. The normalized spacial score (nSPS) is 25.8. The largest absolute Gasteiger partial charge is 0.462 e. The van der Waals surface area contributed by atoms with Crippen molar-refractivity contribution in [3.8, 4) is 0 Å². The van der Waals surface area contributed by atoms with Gasteiger partial charge in [-0.2, -0.15) is 0 Å². The standard InChI is InChI=1S/C28H39NO5/c1-18(2)24-13-14-28(5,20(24)4)15-26-22(17-33-6)9-12-25(26)19(3)16-34-27(30)21-7-10-23(11-8-21)29(31)32/h7-8,10-11,18-19,24-25H,4,9,12-17H2,1-3,5-6H3. The molecule has 4 unspecified atom stereocenters. The van der Waals surface area contributed by atoms with Gasteiger partial charge in [-0.3, -0.25) is 10.1 Å². The molecule has 3 rings (SSSR count). The maximum atomic E-state index is 12.5. The van der Waals surface area contributed by atoms with Crippen molar-refractivity contribution >= 4 is 11.7 Å². The van der Waals surface area contributed by atoms with Gasteiger partial charge in [0.1, 0.15) is 0 Å². The van der Waals surface area contributed by atoms with Crippen molar-refractivity contribution in [1.29, 1.82) is 0 Å². The molecule has 0 bridgehead atoms. The highest BCUT2D eigenvalue weighted by Crippen LogP contribution is 2.54. The van der Waals surface area contributed by atoms with E-state index >= 15 is 0 Å². The number of carbonyl (C=O) groups excluding carboxylic acids is 1. The minimum Gasteiger partial charge on any atom is -0.462 e. The second-order valence-electron chi connectivity index (χ2n) is 10.7. The molecule has 4 atom stereocenters. The summed E-state index contributed by atoms with van der Waals surface area (Å²) in [6.45, 7) is 14.6. The number of hydrogen-bond donors (Lipinski definition) is 0. The Labute approximate surface area is 203 Å². The smallest absolute Gasteiger partial charge is 0.338 e. The van der Waals surface area contributed by atoms with Crippen LogP contribution in [0, 0.1) is 39.2 Å². The molecule has 0 aromatic heterocycles. The van der Waals surface area contributed by atoms with Gasteiger partial charge < -0.3 is 9.47 Å². The van der Waals surface area contributed by atoms with E-state index in [0.29, 0.717) is 36.5 Å². The predicted octanol–water partition coefficient (Wildman–Crippen LogP) is 6.76. The molecule has 1 aromatic rings. The number of rotatable bonds is 10. The summed E-state index contributed by atoms with van der Waals surface area (Å²) >= 11 is 0. The Morgan fingerprint density at radius 1 is 1.21 bits per heavy atom. The van der Waals surface area contributed by atoms with E-state index < -0.39 is 10.9 Å². The quantitative estimate of drug-likeness (QED) is 0.164. The molecule has 0 heterocycles. The van der Waals surface area contributed by atoms with Crippen molar-refractivity contribution in [3.63, 3.8) is 0 Å². The first-order valence-corrected chi connectivity index (χ1v) is 12.4. The molecule has 0 N–H and O–H groups in total. The number of nitro benzene ring substituents is 1. The number of esters is 1. The molecule has 6 nitrogen and oxygen atoms in total. The van der Waals surface area contributed by atoms with Crippen molar-refractivity contribution in [2.24, 2.45) is 29.1 Å². The number of methoxy groups -OCH3 is 1. The van der Waals surface area contributed by atoms with Crippen LogP contribution in [0.15, 0.2) is 47.6 Å². The Morgan fingerprint density at radius 2 is 1.88 bits per heavy atom. The summed E-state index contributed by atoms with van der Waals surface area (Å²) in [7, 11) is 1.75. The van der Waals surface area contributed by atoms with Gasteiger partial charge in [-0.1, -0.05) is 45.4 Å². The number of benzene rings is 1. The average Bonchev–Trinajstić information content (AvgIpc) is 3.32. The van der Waals surface area contributed by atoms with Crippen LogP contribution in [-0.4, -0.2) is 31.2 Å². The summed E-state index contributed by atoms with van der Waals surface area (Å²) in [4.78, 5) is 22.9. The SMILES string of the molecule is C=C1C(C(C)C)CCC1(C)CC1=C(COC)CCC1C(C)COC(=O)c1ccc([N+](=O)[O-])cc1. The molecule has 0 spiro atoms. The third kappa shape index (κ3) is 5.60. The maximum Gasteiger partial charge on any atom is 0.338 e. The van der Waals surface area contributed by atoms with E-state index in [4.69, 9.17) is 9.47 Å². The van der Waals surface area contributed by atoms with Crippen LogP contribution in [0.2, 0.25) is 0 Å². The van der Waals surface area contributed by atoms with Crippen LogP contribution >= 0.6 is 0 Å². The first kappa shape index (κ1) is 26.1. The van der Waals surface area contributed by atoms with Gasteiger partial charge in [0.2, 0.25) is 0 Å². The molecule has 6 heteroatoms. The fourth-order valence-electron chi connectivity index (χ4n) is 5.89. The fourth-order valence-corrected chi connectivity index (χ4v) is 5.89. The lowest BCUT2D eigenvalue weighted by Gasteiger charge is -2.33. The summed E-state index contributed by atoms with van der Waals surface area (Å²) in [6, 6.07) is 5.55. The van der Waals surface area contributed by atoms with E-state index in [1.165, 1.54) is 47.4 Å². The molecular formula is C28H39NO5. The van der Waals surface area contributed by atoms with Crippen molar-refractivity contribution in [3.05, 3.63) is 63.2 Å². The lowest BCUT2D eigenvalue weighted by Crippen LogP contribution is -2.24. The van der Waals surface area contributed by atoms with E-state index in [-0.39, 0.29) is 17.0 Å². The Hall–Kier alpha value is -2.47. The van der Waals surface area contributed by atoms with Crippen molar-refractivity contribution in [2.75, 3.05) is 20.3 Å². The molecule has 186 valence electrons. The second kappa shape index (κ2) is 10.9. The van der Waals surface area contributed by atoms with Crippen LogP contribution in [0.3, 0.4) is 0 Å². The first-order chi connectivity index (χ1) is 16.1. The number of allylic oxidation sites excluding steroid dienone is 2. The van der Waals surface area contributed by atoms with Gasteiger partial charge in [-0.05, 0) is 78.9 Å². The number of hydrogen-bond acceptors (Lipinski definition) is 5. The number of nitro groups is 1. The zero-order valence-electron chi connectivity index (χ0n) is 21.3. The van der Waals surface area contributed by atoms with E-state index in [1.807, 2.05) is 0 Å². The zero-order valence-corrected chi connectivity index (χ0v) is 21.3. The van der Waals surface area contributed by atoms with Crippen LogP contribution in [0.25, 0.3) is 0 Å². The fraction of sp³-hybridized carbons (Fsp3) is 0.607. The second-order valence-corrected chi connectivity index (χ2v) is 10.7. The highest BCUT2D eigenvalue weighted by molar-refractivity contribution is 5.89. The van der Waals surface area contributed by atoms with Gasteiger partial charge >= 0.3 is 5.97 Å². The Bertz CT molecular complexity index is 948. The lowest BCUT2D eigenvalue weighted by atomic mass is 9.73. The number of ether oxygens (including phenoxy) is 2. The van der Waals surface area contributed by atoms with Gasteiger partial charge in [0, 0.05) is 19.2 Å². The van der Waals surface area contributed by atoms with Crippen molar-refractivity contribution in [2.45, 2.75) is 59.8 Å². The van der Waals surface area contributed by atoms with Crippen molar-refractivity contribution < 1.29 is 19.2 Å². The molecule has 0 amide bonds. The Morgan fingerprint density at radius 3 is 2.44 bits per heavy atom. The number of carbonyl (C=O) groups is 1. The minimum atomic E-state index is -0.481. The first-order valence-electron chi connectivity index (χ1n) is 12.4. The third-order valence-electron chi connectivity index (χ3n) is 8.07. The van der Waals surface area contributed by atoms with Gasteiger partial charge in [0.25, 0.3) is 5.69 Å². The highest BCUT2D eigenvalue weighted by atomic mass is 16.6. The molecule has 2 aliphatic carbocycles. The summed E-state index contributed by atoms with van der Waals surface area (Å²) in [5.41, 5.74) is 4.63. The van der Waals surface area contributed by atoms with Gasteiger partial charge in [0.05, 0.1) is 23.7 Å². The van der Waals surface area contributed by atoms with E-state index in [0.717, 1.165) is 25.7 Å². The minimum absolute atomic E-state index is 0.0435. The maximum absolute atomic E-state index is 12.5. The van der Waals surface area contributed by atoms with E-state index in [2.05, 4.69) is 34.3 Å². The summed E-state index contributed by atoms with van der Waals surface area (Å²) in [5.74, 6) is 1.26. The molecule has 0 radical (unpaired) electrons. The van der Waals surface area contributed by atoms with Crippen molar-refractivity contribution in [1.82, 2.24) is 0 Å². The van der Waals surface area contributed by atoms with Crippen LogP contribution < -0.4 is 0 Å². The van der Waals surface area contributed by atoms with Crippen LogP contribution in [0.5, 0.6) is 0 Å². The topological polar surface area (TPSA) is 78.7 Å². The molecule has 1 aromatic carbocycles. The molecular weight excluding hydrogens is 430 g/mol. The Kier molecular flexibility index (Phi) is 8.34. The summed E-state index contributed by atoms with van der Waals surface area (Å²) < 4.78 is 11.2. The average molecular weight is 470 g/mol. The van der Waals surface area contributed by atoms with Gasteiger partial charge in [-0.25, -0.2) is 4.79 Å². The molecule has 1 saturated carbocycles. The predicted molar refractivity (Wildman–Crippen MR) is 134 cm³/mol. The van der Waals surface area contributed by atoms with Gasteiger partial charge in [0.15, 0.2) is 0 Å². The van der Waals surface area contributed by atoms with E-state index in [1.54, 1.807) is 7.11 Å². The number of non-ortho nitro benzene ring substituents is 1. The highest BCUT2D eigenvalue weighted by Gasteiger charge is 2.43. The van der Waals surface area contributed by atoms with Gasteiger partial charge in [-0.15, -0.1) is 0 Å². The molecule has 34 heavy (non-hydrogen) atoms. The number of nitrogens with zero attached hydrogens (tertiary/aromatic N) is 1. The summed E-state index contributed by atoms with van der Waals surface area (Å²) in [5, 5.41) is 10.8. The van der Waals surface area contributed by atoms with Crippen LogP contribution in [0.1, 0.15) is 70.2 Å². The lowest BCUT2D eigenvalue weighted by molar-refractivity contribution is -0.384. The van der Waals surface area contributed by atoms with Crippen LogP contribution in [-0.2, 0) is 9.47 Å². The Balaban J connectivity index is 1.69. The molecule has 0 aliphatic heterocycles. The monoisotopic (exact) mass is 469 g/mol. The molecule has 2 aliphatic rings. The zero-order chi connectivity index (χ0) is 25.0. The van der Waals surface area contributed by atoms with E-state index in [9.17, 15) is 14.9 Å². The molecule has 0 saturated heterocycles. The van der Waals surface area contributed by atoms with Crippen LogP contribution in [0.4, 0.5) is 5.69 Å².